The van der Waals surface area contributed by atoms with Crippen LogP contribution in [0.1, 0.15) is 18.1 Å². The number of carbonyl (C=O) groups is 1. The lowest BCUT2D eigenvalue weighted by Crippen LogP contribution is -1.96. The van der Waals surface area contributed by atoms with Crippen LogP contribution in [-0.2, 0) is 25.0 Å². The minimum atomic E-state index is -4.02. The van der Waals surface area contributed by atoms with Gasteiger partial charge in [0.25, 0.3) is 26.2 Å². The van der Waals surface area contributed by atoms with Gasteiger partial charge in [-0.25, -0.2) is 0 Å². The Labute approximate surface area is 152 Å². The summed E-state index contributed by atoms with van der Waals surface area (Å²) >= 11 is 0. The van der Waals surface area contributed by atoms with Gasteiger partial charge in [-0.15, -0.1) is 0 Å². The van der Waals surface area contributed by atoms with Crippen LogP contribution in [-0.4, -0.2) is 37.0 Å². The van der Waals surface area contributed by atoms with Crippen LogP contribution < -0.4 is 0 Å². The van der Waals surface area contributed by atoms with E-state index < -0.39 is 26.2 Å². The number of carboxylic acid groups (broad SMARTS) is 1. The van der Waals surface area contributed by atoms with E-state index in [4.69, 9.17) is 19.0 Å². The second-order valence-electron chi connectivity index (χ2n) is 5.10. The number of rotatable bonds is 2. The summed E-state index contributed by atoms with van der Waals surface area (Å²) in [7, 11) is -8.04. The first-order valence-electron chi connectivity index (χ1n) is 7.01. The van der Waals surface area contributed by atoms with Gasteiger partial charge in [-0.05, 0) is 38.1 Å². The molecule has 0 spiro atoms. The van der Waals surface area contributed by atoms with Gasteiger partial charge in [0.2, 0.25) is 0 Å². The molecule has 0 radical (unpaired) electrons. The van der Waals surface area contributed by atoms with E-state index in [9.17, 15) is 16.8 Å². The Kier molecular flexibility index (Phi) is 9.14. The molecule has 0 saturated heterocycles. The first kappa shape index (κ1) is 23.7. The van der Waals surface area contributed by atoms with Crippen LogP contribution in [0.15, 0.2) is 58.3 Å². The quantitative estimate of drug-likeness (QED) is 0.647. The standard InChI is InChI=1S/2C7H8O3S.C2H4O2/c2*1-6-2-4-7(5-3-6)11(8,9)10;1-2(3)4/h2*2-5H,1H3,(H,8,9,10);1H3,(H,3,4). The van der Waals surface area contributed by atoms with Gasteiger partial charge < -0.3 is 5.11 Å². The van der Waals surface area contributed by atoms with Gasteiger partial charge in [0, 0.05) is 6.92 Å². The molecule has 0 amide bonds. The fourth-order valence-electron chi connectivity index (χ4n) is 1.42. The fourth-order valence-corrected chi connectivity index (χ4v) is 2.38. The maximum absolute atomic E-state index is 10.5. The van der Waals surface area contributed by atoms with Gasteiger partial charge in [-0.3, -0.25) is 13.9 Å². The number of carboxylic acids is 1. The molecule has 0 unspecified atom stereocenters. The predicted octanol–water partition coefficient (Wildman–Crippen LogP) is 2.57. The summed E-state index contributed by atoms with van der Waals surface area (Å²) in [6.07, 6.45) is 0. The van der Waals surface area contributed by atoms with Crippen molar-refractivity contribution >= 4 is 26.2 Å². The van der Waals surface area contributed by atoms with Crippen molar-refractivity contribution in [2.45, 2.75) is 30.6 Å². The molecule has 0 aliphatic carbocycles. The van der Waals surface area contributed by atoms with Crippen molar-refractivity contribution in [1.29, 1.82) is 0 Å². The topological polar surface area (TPSA) is 146 Å². The van der Waals surface area contributed by atoms with Crippen LogP contribution in [0.5, 0.6) is 0 Å². The largest absolute Gasteiger partial charge is 0.481 e. The summed E-state index contributed by atoms with van der Waals surface area (Å²) in [6.45, 7) is 4.77. The van der Waals surface area contributed by atoms with E-state index in [2.05, 4.69) is 0 Å². The maximum atomic E-state index is 10.5. The lowest BCUT2D eigenvalue weighted by Gasteiger charge is -1.95. The Morgan fingerprint density at radius 3 is 1.04 bits per heavy atom. The average Bonchev–Trinajstić information content (AvgIpc) is 2.46. The van der Waals surface area contributed by atoms with E-state index in [1.54, 1.807) is 24.3 Å². The zero-order valence-corrected chi connectivity index (χ0v) is 16.0. The summed E-state index contributed by atoms with van der Waals surface area (Å²) < 4.78 is 59.1. The average molecular weight is 404 g/mol. The summed E-state index contributed by atoms with van der Waals surface area (Å²) in [5, 5.41) is 7.42. The normalized spacial score (nSPS) is 10.7. The van der Waals surface area contributed by atoms with E-state index in [0.717, 1.165) is 18.1 Å². The van der Waals surface area contributed by atoms with Gasteiger partial charge in [0.05, 0.1) is 9.79 Å². The second-order valence-corrected chi connectivity index (χ2v) is 7.94. The molecule has 3 N–H and O–H groups in total. The second kappa shape index (κ2) is 10.0. The molecule has 10 heteroatoms. The highest BCUT2D eigenvalue weighted by Crippen LogP contribution is 2.09. The van der Waals surface area contributed by atoms with E-state index in [1.807, 2.05) is 13.8 Å². The Hall–Kier alpha value is -2.27. The van der Waals surface area contributed by atoms with Crippen LogP contribution in [0, 0.1) is 13.8 Å². The molecule has 144 valence electrons. The number of aliphatic carboxylic acids is 1. The molecule has 0 bridgehead atoms. The Bertz CT molecular complexity index is 836. The minimum absolute atomic E-state index is 0.0666. The van der Waals surface area contributed by atoms with Gasteiger partial charge in [0.1, 0.15) is 0 Å². The van der Waals surface area contributed by atoms with E-state index in [1.165, 1.54) is 24.3 Å². The number of aryl methyl sites for hydroxylation is 2. The lowest BCUT2D eigenvalue weighted by molar-refractivity contribution is -0.134. The third-order valence-electron chi connectivity index (χ3n) is 2.64. The molecule has 0 heterocycles. The van der Waals surface area contributed by atoms with E-state index >= 15 is 0 Å². The molecule has 2 rings (SSSR count). The van der Waals surface area contributed by atoms with Gasteiger partial charge >= 0.3 is 0 Å². The molecular weight excluding hydrogens is 384 g/mol. The van der Waals surface area contributed by atoms with Crippen molar-refractivity contribution < 1.29 is 35.8 Å². The molecule has 26 heavy (non-hydrogen) atoms. The molecule has 0 aliphatic heterocycles. The van der Waals surface area contributed by atoms with Crippen molar-refractivity contribution in [1.82, 2.24) is 0 Å². The van der Waals surface area contributed by atoms with Crippen LogP contribution in [0.4, 0.5) is 0 Å². The van der Waals surface area contributed by atoms with Gasteiger partial charge in [-0.2, -0.15) is 16.8 Å². The van der Waals surface area contributed by atoms with Crippen LogP contribution in [0.2, 0.25) is 0 Å². The SMILES string of the molecule is CC(=O)O.Cc1ccc(S(=O)(=O)O)cc1.Cc1ccc(S(=O)(=O)O)cc1. The van der Waals surface area contributed by atoms with Crippen molar-refractivity contribution in [3.05, 3.63) is 59.7 Å². The zero-order chi connectivity index (χ0) is 20.5. The van der Waals surface area contributed by atoms with E-state index in [-0.39, 0.29) is 9.79 Å². The summed E-state index contributed by atoms with van der Waals surface area (Å²) in [6, 6.07) is 12.0. The first-order chi connectivity index (χ1) is 11.7. The highest BCUT2D eigenvalue weighted by Gasteiger charge is 2.07. The Morgan fingerprint density at radius 2 is 0.885 bits per heavy atom. The van der Waals surface area contributed by atoms with Gasteiger partial charge in [-0.1, -0.05) is 35.4 Å². The lowest BCUT2D eigenvalue weighted by atomic mass is 10.2. The Morgan fingerprint density at radius 1 is 0.692 bits per heavy atom. The van der Waals surface area contributed by atoms with Crippen molar-refractivity contribution in [2.24, 2.45) is 0 Å². The summed E-state index contributed by atoms with van der Waals surface area (Å²) in [5.74, 6) is -0.833. The molecule has 0 aromatic heterocycles. The summed E-state index contributed by atoms with van der Waals surface area (Å²) in [5.41, 5.74) is 1.91. The first-order valence-corrected chi connectivity index (χ1v) is 9.89. The van der Waals surface area contributed by atoms with Crippen molar-refractivity contribution in [3.63, 3.8) is 0 Å². The molecule has 2 aromatic rings. The van der Waals surface area contributed by atoms with Crippen molar-refractivity contribution in [2.75, 3.05) is 0 Å². The molecule has 0 fully saturated rings. The van der Waals surface area contributed by atoms with Crippen LogP contribution in [0.25, 0.3) is 0 Å². The molecule has 0 aliphatic rings. The van der Waals surface area contributed by atoms with Crippen LogP contribution >= 0.6 is 0 Å². The monoisotopic (exact) mass is 404 g/mol. The highest BCUT2D eigenvalue weighted by molar-refractivity contribution is 7.86. The number of hydrogen-bond donors (Lipinski definition) is 3. The van der Waals surface area contributed by atoms with E-state index in [0.29, 0.717) is 0 Å². The third kappa shape index (κ3) is 10.6. The number of hydrogen-bond acceptors (Lipinski definition) is 5. The van der Waals surface area contributed by atoms with Crippen molar-refractivity contribution in [3.8, 4) is 0 Å². The Balaban J connectivity index is 0.000000401. The summed E-state index contributed by atoms with van der Waals surface area (Å²) in [4.78, 5) is 8.87. The molecule has 0 atom stereocenters. The van der Waals surface area contributed by atoms with Gasteiger partial charge in [0.15, 0.2) is 0 Å². The van der Waals surface area contributed by atoms with Crippen LogP contribution in [0.3, 0.4) is 0 Å². The molecular formula is C16H20O8S2. The maximum Gasteiger partial charge on any atom is 0.300 e. The zero-order valence-electron chi connectivity index (χ0n) is 14.3. The smallest absolute Gasteiger partial charge is 0.300 e. The number of benzene rings is 2. The predicted molar refractivity (Wildman–Crippen MR) is 95.3 cm³/mol. The highest BCUT2D eigenvalue weighted by atomic mass is 32.2. The minimum Gasteiger partial charge on any atom is -0.481 e. The fraction of sp³-hybridized carbons (Fsp3) is 0.188. The molecule has 0 saturated carbocycles. The molecule has 2 aromatic carbocycles. The third-order valence-corrected chi connectivity index (χ3v) is 4.37. The molecule has 8 nitrogen and oxygen atoms in total.